The second-order valence-electron chi connectivity index (χ2n) is 13.2. The minimum absolute atomic E-state index is 0.169. The first kappa shape index (κ1) is 33.3. The van der Waals surface area contributed by atoms with Crippen LogP contribution in [-0.2, 0) is 52.0 Å². The SMILES string of the molecule is CS(=O)(=O)N1CCc2c(c(-c3ccc(Cl)c(C#Cc4ccc5c(c4)CNC(C(=O)N4CCCC4)C5)c3)nn2CCCN2CCOCC2)C1. The highest BCUT2D eigenvalue weighted by atomic mass is 35.5. The molecule has 0 saturated carbocycles. The largest absolute Gasteiger partial charge is 0.379 e. The number of amides is 1. The zero-order chi connectivity index (χ0) is 33.3. The van der Waals surface area contributed by atoms with E-state index in [4.69, 9.17) is 21.4 Å². The number of carbonyl (C=O) groups is 1. The number of nitrogens with zero attached hydrogens (tertiary/aromatic N) is 5. The van der Waals surface area contributed by atoms with Gasteiger partial charge in [0.25, 0.3) is 0 Å². The Labute approximate surface area is 288 Å². The molecule has 0 bridgehead atoms. The Morgan fingerprint density at radius 3 is 2.62 bits per heavy atom. The van der Waals surface area contributed by atoms with Gasteiger partial charge in [-0.3, -0.25) is 14.4 Å². The number of rotatable bonds is 7. The predicted octanol–water partition coefficient (Wildman–Crippen LogP) is 3.28. The summed E-state index contributed by atoms with van der Waals surface area (Å²) in [5.41, 5.74) is 7.61. The Bertz CT molecular complexity index is 1850. The fraction of sp³-hybridized carbons (Fsp3) is 0.500. The van der Waals surface area contributed by atoms with Crippen molar-refractivity contribution in [2.75, 3.05) is 58.7 Å². The van der Waals surface area contributed by atoms with Gasteiger partial charge < -0.3 is 15.0 Å². The van der Waals surface area contributed by atoms with Gasteiger partial charge in [0.2, 0.25) is 15.9 Å². The van der Waals surface area contributed by atoms with Gasteiger partial charge >= 0.3 is 0 Å². The van der Waals surface area contributed by atoms with Crippen LogP contribution in [0.3, 0.4) is 0 Å². The lowest BCUT2D eigenvalue weighted by Gasteiger charge is -2.29. The van der Waals surface area contributed by atoms with Gasteiger partial charge in [-0.15, -0.1) is 0 Å². The summed E-state index contributed by atoms with van der Waals surface area (Å²) < 4.78 is 34.2. The van der Waals surface area contributed by atoms with Gasteiger partial charge in [-0.05, 0) is 61.1 Å². The van der Waals surface area contributed by atoms with Crippen LogP contribution in [-0.4, -0.2) is 103 Å². The Kier molecular flexibility index (Phi) is 9.92. The Balaban J connectivity index is 1.11. The Morgan fingerprint density at radius 1 is 1.02 bits per heavy atom. The number of ether oxygens (including phenoxy) is 1. The zero-order valence-corrected chi connectivity index (χ0v) is 29.1. The van der Waals surface area contributed by atoms with Gasteiger partial charge in [0.05, 0.1) is 36.2 Å². The highest BCUT2D eigenvalue weighted by Crippen LogP contribution is 2.33. The molecule has 0 radical (unpaired) electrons. The molecular weight excluding hydrogens is 648 g/mol. The van der Waals surface area contributed by atoms with Crippen molar-refractivity contribution in [2.45, 2.75) is 57.8 Å². The molecule has 4 aliphatic rings. The molecule has 1 N–H and O–H groups in total. The summed E-state index contributed by atoms with van der Waals surface area (Å²) in [6.45, 7) is 8.28. The number of aromatic nitrogens is 2. The quantitative estimate of drug-likeness (QED) is 0.380. The number of hydrogen-bond donors (Lipinski definition) is 1. The van der Waals surface area contributed by atoms with E-state index in [0.717, 1.165) is 105 Å². The Morgan fingerprint density at radius 2 is 1.83 bits per heavy atom. The van der Waals surface area contributed by atoms with Gasteiger partial charge in [0.1, 0.15) is 0 Å². The molecule has 4 aliphatic heterocycles. The van der Waals surface area contributed by atoms with Crippen LogP contribution in [0.1, 0.15) is 52.8 Å². The summed E-state index contributed by atoms with van der Waals surface area (Å²) in [5.74, 6) is 6.79. The summed E-state index contributed by atoms with van der Waals surface area (Å²) >= 11 is 6.66. The average Bonchev–Trinajstić information content (AvgIpc) is 3.76. The summed E-state index contributed by atoms with van der Waals surface area (Å²) in [4.78, 5) is 17.3. The van der Waals surface area contributed by atoms with E-state index in [1.165, 1.54) is 16.1 Å². The van der Waals surface area contributed by atoms with Crippen molar-refractivity contribution in [2.24, 2.45) is 0 Å². The number of hydrogen-bond acceptors (Lipinski definition) is 7. The highest BCUT2D eigenvalue weighted by molar-refractivity contribution is 7.88. The van der Waals surface area contributed by atoms with Crippen LogP contribution >= 0.6 is 11.6 Å². The summed E-state index contributed by atoms with van der Waals surface area (Å²) in [7, 11) is -3.35. The molecule has 1 amide bonds. The molecular formula is C36H43ClN6O4S. The van der Waals surface area contributed by atoms with Crippen molar-refractivity contribution in [1.29, 1.82) is 0 Å². The van der Waals surface area contributed by atoms with E-state index >= 15 is 0 Å². The number of fused-ring (bicyclic) bond motifs is 2. The van der Waals surface area contributed by atoms with Crippen molar-refractivity contribution in [3.63, 3.8) is 0 Å². The number of nitrogens with one attached hydrogen (secondary N) is 1. The van der Waals surface area contributed by atoms with Crippen molar-refractivity contribution in [1.82, 2.24) is 29.2 Å². The van der Waals surface area contributed by atoms with Crippen molar-refractivity contribution in [3.8, 4) is 23.1 Å². The molecule has 12 heteroatoms. The third-order valence-corrected chi connectivity index (χ3v) is 11.6. The van der Waals surface area contributed by atoms with Crippen LogP contribution in [0.4, 0.5) is 0 Å². The maximum atomic E-state index is 12.9. The van der Waals surface area contributed by atoms with Crippen LogP contribution in [0.5, 0.6) is 0 Å². The molecule has 1 aromatic heterocycles. The molecule has 1 unspecified atom stereocenters. The molecule has 2 saturated heterocycles. The lowest BCUT2D eigenvalue weighted by Crippen LogP contribution is -2.48. The second-order valence-corrected chi connectivity index (χ2v) is 15.6. The van der Waals surface area contributed by atoms with Crippen LogP contribution in [0.25, 0.3) is 11.3 Å². The number of aryl methyl sites for hydroxylation is 1. The smallest absolute Gasteiger partial charge is 0.240 e. The van der Waals surface area contributed by atoms with Gasteiger partial charge in [-0.25, -0.2) is 8.42 Å². The standard InChI is InChI=1S/C36H43ClN6O4S/c1-48(45,46)42-16-11-34-31(25-42)35(39-43(34)15-4-12-40-17-19-47-20-18-40)29-9-10-32(37)28(22-29)8-6-26-5-7-27-23-33(38-24-30(27)21-26)36(44)41-13-2-3-14-41/h5,7,9-10,21-22,33,38H,2-4,11-20,23-25H2,1H3. The van der Waals surface area contributed by atoms with E-state index in [-0.39, 0.29) is 11.9 Å². The number of likely N-dealkylation sites (tertiary alicyclic amines) is 1. The van der Waals surface area contributed by atoms with E-state index in [1.807, 2.05) is 29.2 Å². The topological polar surface area (TPSA) is 100 Å². The molecule has 3 aromatic rings. The normalized spacial score (nSPS) is 20.2. The number of halogens is 1. The summed E-state index contributed by atoms with van der Waals surface area (Å²) in [6.07, 6.45) is 5.71. The van der Waals surface area contributed by atoms with Crippen LogP contribution < -0.4 is 5.32 Å². The molecule has 5 heterocycles. The van der Waals surface area contributed by atoms with E-state index in [2.05, 4.69) is 38.9 Å². The minimum atomic E-state index is -3.35. The molecule has 10 nitrogen and oxygen atoms in total. The fourth-order valence-corrected chi connectivity index (χ4v) is 8.22. The molecule has 0 spiro atoms. The molecule has 1 atom stereocenters. The molecule has 7 rings (SSSR count). The summed E-state index contributed by atoms with van der Waals surface area (Å²) in [5, 5.41) is 9.05. The number of carbonyl (C=O) groups excluding carboxylic acids is 1. The molecule has 254 valence electrons. The Hall–Kier alpha value is -3.24. The number of sulfonamides is 1. The molecule has 48 heavy (non-hydrogen) atoms. The first-order valence-corrected chi connectivity index (χ1v) is 19.3. The molecule has 2 fully saturated rings. The van der Waals surface area contributed by atoms with Crippen LogP contribution in [0, 0.1) is 11.8 Å². The maximum absolute atomic E-state index is 12.9. The first-order chi connectivity index (χ1) is 23.2. The third-order valence-electron chi connectivity index (χ3n) is 9.98. The predicted molar refractivity (Wildman–Crippen MR) is 186 cm³/mol. The highest BCUT2D eigenvalue weighted by Gasteiger charge is 2.31. The van der Waals surface area contributed by atoms with E-state index in [9.17, 15) is 13.2 Å². The first-order valence-electron chi connectivity index (χ1n) is 17.0. The maximum Gasteiger partial charge on any atom is 0.240 e. The monoisotopic (exact) mass is 690 g/mol. The van der Waals surface area contributed by atoms with Crippen LogP contribution in [0.2, 0.25) is 5.02 Å². The second kappa shape index (κ2) is 14.3. The van der Waals surface area contributed by atoms with E-state index in [1.54, 1.807) is 0 Å². The van der Waals surface area contributed by atoms with E-state index < -0.39 is 10.0 Å². The lowest BCUT2D eigenvalue weighted by atomic mass is 9.93. The van der Waals surface area contributed by atoms with Crippen molar-refractivity contribution >= 4 is 27.5 Å². The van der Waals surface area contributed by atoms with Crippen LogP contribution in [0.15, 0.2) is 36.4 Å². The number of morpholine rings is 1. The average molecular weight is 691 g/mol. The molecule has 0 aliphatic carbocycles. The van der Waals surface area contributed by atoms with Gasteiger partial charge in [-0.2, -0.15) is 9.40 Å². The van der Waals surface area contributed by atoms with Gasteiger partial charge in [0, 0.05) is 93.3 Å². The van der Waals surface area contributed by atoms with E-state index in [0.29, 0.717) is 43.1 Å². The van der Waals surface area contributed by atoms with Crippen molar-refractivity contribution in [3.05, 3.63) is 74.9 Å². The van der Waals surface area contributed by atoms with Gasteiger partial charge in [-0.1, -0.05) is 35.6 Å². The third kappa shape index (κ3) is 7.34. The lowest BCUT2D eigenvalue weighted by molar-refractivity contribution is -0.132. The van der Waals surface area contributed by atoms with Crippen molar-refractivity contribution < 1.29 is 17.9 Å². The van der Waals surface area contributed by atoms with Gasteiger partial charge in [0.15, 0.2) is 0 Å². The summed E-state index contributed by atoms with van der Waals surface area (Å²) in [6, 6.07) is 11.8. The minimum Gasteiger partial charge on any atom is -0.379 e. The molecule has 2 aromatic carbocycles. The number of benzene rings is 2. The fourth-order valence-electron chi connectivity index (χ4n) is 7.27. The zero-order valence-electron chi connectivity index (χ0n) is 27.5.